The number of aromatic nitrogens is 1. The molecule has 0 spiro atoms. The normalized spacial score (nSPS) is 10.1. The van der Waals surface area contributed by atoms with E-state index in [9.17, 15) is 0 Å². The molecule has 0 saturated heterocycles. The van der Waals surface area contributed by atoms with Gasteiger partial charge in [-0.05, 0) is 27.9 Å². The van der Waals surface area contributed by atoms with Crippen molar-refractivity contribution in [2.75, 3.05) is 14.1 Å². The highest BCUT2D eigenvalue weighted by atomic mass is 35.5. The average Bonchev–Trinajstić information content (AvgIpc) is 2.18. The topological polar surface area (TPSA) is 29.3 Å². The number of halogens is 1. The summed E-state index contributed by atoms with van der Waals surface area (Å²) in [6.07, 6.45) is 0. The zero-order valence-electron chi connectivity index (χ0n) is 7.92. The summed E-state index contributed by atoms with van der Waals surface area (Å²) < 4.78 is 5.02. The van der Waals surface area contributed by atoms with Crippen molar-refractivity contribution in [3.05, 3.63) is 17.0 Å². The molecule has 0 aliphatic heterocycles. The minimum absolute atomic E-state index is 0. The number of aryl methyl sites for hydroxylation is 2. The highest BCUT2D eigenvalue weighted by molar-refractivity contribution is 5.85. The molecule has 0 radical (unpaired) electrons. The lowest BCUT2D eigenvalue weighted by molar-refractivity contribution is 0.379. The molecular formula is C8H15ClN2O. The van der Waals surface area contributed by atoms with Crippen LogP contribution in [0.1, 0.15) is 17.0 Å². The predicted molar refractivity (Wildman–Crippen MR) is 50.6 cm³/mol. The Morgan fingerprint density at radius 3 is 2.25 bits per heavy atom. The molecule has 0 aromatic carbocycles. The first kappa shape index (κ1) is 11.5. The SMILES string of the molecule is Cc1noc(C)c1CN(C)C.Cl. The molecule has 0 bridgehead atoms. The molecule has 0 saturated carbocycles. The van der Waals surface area contributed by atoms with Gasteiger partial charge in [-0.2, -0.15) is 0 Å². The lowest BCUT2D eigenvalue weighted by Crippen LogP contribution is -2.11. The molecule has 3 nitrogen and oxygen atoms in total. The Hall–Kier alpha value is -0.540. The molecule has 0 N–H and O–H groups in total. The first-order valence-electron chi connectivity index (χ1n) is 3.67. The number of nitrogens with zero attached hydrogens (tertiary/aromatic N) is 2. The Morgan fingerprint density at radius 2 is 1.92 bits per heavy atom. The lowest BCUT2D eigenvalue weighted by Gasteiger charge is -2.07. The fourth-order valence-corrected chi connectivity index (χ4v) is 1.04. The Kier molecular flexibility index (Phi) is 4.28. The van der Waals surface area contributed by atoms with Crippen molar-refractivity contribution in [2.24, 2.45) is 0 Å². The number of hydrogen-bond acceptors (Lipinski definition) is 3. The van der Waals surface area contributed by atoms with Gasteiger partial charge in [-0.25, -0.2) is 0 Å². The van der Waals surface area contributed by atoms with Crippen LogP contribution in [-0.4, -0.2) is 24.2 Å². The van der Waals surface area contributed by atoms with Crippen LogP contribution < -0.4 is 0 Å². The first-order valence-corrected chi connectivity index (χ1v) is 3.67. The molecule has 70 valence electrons. The van der Waals surface area contributed by atoms with Crippen LogP contribution in [0.3, 0.4) is 0 Å². The van der Waals surface area contributed by atoms with Crippen molar-refractivity contribution in [3.8, 4) is 0 Å². The maximum Gasteiger partial charge on any atom is 0.138 e. The third-order valence-corrected chi connectivity index (χ3v) is 1.66. The summed E-state index contributed by atoms with van der Waals surface area (Å²) in [5.74, 6) is 0.927. The lowest BCUT2D eigenvalue weighted by atomic mass is 10.2. The van der Waals surface area contributed by atoms with Gasteiger partial charge in [-0.3, -0.25) is 0 Å². The zero-order chi connectivity index (χ0) is 8.43. The summed E-state index contributed by atoms with van der Waals surface area (Å²) in [6, 6.07) is 0. The van der Waals surface area contributed by atoms with E-state index in [1.807, 2.05) is 27.9 Å². The van der Waals surface area contributed by atoms with E-state index in [4.69, 9.17) is 4.52 Å². The van der Waals surface area contributed by atoms with Gasteiger partial charge < -0.3 is 9.42 Å². The second kappa shape index (κ2) is 4.48. The van der Waals surface area contributed by atoms with Crippen LogP contribution in [0.25, 0.3) is 0 Å². The molecule has 0 amide bonds. The van der Waals surface area contributed by atoms with Crippen LogP contribution in [0.15, 0.2) is 4.52 Å². The molecule has 1 aromatic heterocycles. The van der Waals surface area contributed by atoms with Gasteiger partial charge in [0.25, 0.3) is 0 Å². The van der Waals surface area contributed by atoms with E-state index in [-0.39, 0.29) is 12.4 Å². The highest BCUT2D eigenvalue weighted by Crippen LogP contribution is 2.12. The second-order valence-electron chi connectivity index (χ2n) is 3.04. The first-order chi connectivity index (χ1) is 5.11. The number of hydrogen-bond donors (Lipinski definition) is 0. The van der Waals surface area contributed by atoms with Crippen LogP contribution in [0.5, 0.6) is 0 Å². The van der Waals surface area contributed by atoms with Crippen molar-refractivity contribution >= 4 is 12.4 Å². The van der Waals surface area contributed by atoms with Gasteiger partial charge in [0.1, 0.15) is 5.76 Å². The predicted octanol–water partition coefficient (Wildman–Crippen LogP) is 1.77. The maximum atomic E-state index is 5.02. The Labute approximate surface area is 79.1 Å². The molecule has 0 atom stereocenters. The molecule has 1 heterocycles. The Morgan fingerprint density at radius 1 is 1.33 bits per heavy atom. The second-order valence-corrected chi connectivity index (χ2v) is 3.04. The van der Waals surface area contributed by atoms with Gasteiger partial charge in [0.2, 0.25) is 0 Å². The summed E-state index contributed by atoms with van der Waals surface area (Å²) in [5.41, 5.74) is 2.20. The molecule has 4 heteroatoms. The van der Waals surface area contributed by atoms with Gasteiger partial charge in [-0.1, -0.05) is 5.16 Å². The van der Waals surface area contributed by atoms with E-state index in [1.165, 1.54) is 5.56 Å². The molecule has 0 aliphatic carbocycles. The van der Waals surface area contributed by atoms with Crippen LogP contribution in [0.4, 0.5) is 0 Å². The monoisotopic (exact) mass is 190 g/mol. The van der Waals surface area contributed by atoms with Crippen molar-refractivity contribution in [3.63, 3.8) is 0 Å². The van der Waals surface area contributed by atoms with Crippen LogP contribution in [-0.2, 0) is 6.54 Å². The molecule has 0 aliphatic rings. The van der Waals surface area contributed by atoms with E-state index in [2.05, 4.69) is 10.1 Å². The molecule has 12 heavy (non-hydrogen) atoms. The minimum Gasteiger partial charge on any atom is -0.361 e. The van der Waals surface area contributed by atoms with Crippen molar-refractivity contribution < 1.29 is 4.52 Å². The van der Waals surface area contributed by atoms with E-state index >= 15 is 0 Å². The maximum absolute atomic E-state index is 5.02. The van der Waals surface area contributed by atoms with Gasteiger partial charge in [0, 0.05) is 12.1 Å². The minimum atomic E-state index is 0. The highest BCUT2D eigenvalue weighted by Gasteiger charge is 2.08. The van der Waals surface area contributed by atoms with Gasteiger partial charge >= 0.3 is 0 Å². The third kappa shape index (κ3) is 2.50. The van der Waals surface area contributed by atoms with E-state index in [0.717, 1.165) is 18.0 Å². The molecular weight excluding hydrogens is 176 g/mol. The molecule has 0 unspecified atom stereocenters. The standard InChI is InChI=1S/C8H14N2O.ClH/c1-6-8(5-10(3)4)7(2)11-9-6;/h5H2,1-4H3;1H. The molecule has 0 fully saturated rings. The van der Waals surface area contributed by atoms with Crippen LogP contribution >= 0.6 is 12.4 Å². The number of rotatable bonds is 2. The van der Waals surface area contributed by atoms with Crippen molar-refractivity contribution in [1.82, 2.24) is 10.1 Å². The van der Waals surface area contributed by atoms with Gasteiger partial charge in [0.05, 0.1) is 5.69 Å². The largest absolute Gasteiger partial charge is 0.361 e. The fourth-order valence-electron chi connectivity index (χ4n) is 1.04. The smallest absolute Gasteiger partial charge is 0.138 e. The van der Waals surface area contributed by atoms with Crippen LogP contribution in [0, 0.1) is 13.8 Å². The summed E-state index contributed by atoms with van der Waals surface area (Å²) >= 11 is 0. The third-order valence-electron chi connectivity index (χ3n) is 1.66. The molecule has 1 rings (SSSR count). The summed E-state index contributed by atoms with van der Waals surface area (Å²) in [7, 11) is 4.07. The van der Waals surface area contributed by atoms with Crippen LogP contribution in [0.2, 0.25) is 0 Å². The van der Waals surface area contributed by atoms with E-state index < -0.39 is 0 Å². The Balaban J connectivity index is 0.00000121. The molecule has 1 aromatic rings. The summed E-state index contributed by atoms with van der Waals surface area (Å²) in [5, 5.41) is 3.87. The van der Waals surface area contributed by atoms with Gasteiger partial charge in [-0.15, -0.1) is 12.4 Å². The summed E-state index contributed by atoms with van der Waals surface area (Å²) in [4.78, 5) is 2.10. The Bertz CT molecular complexity index is 226. The van der Waals surface area contributed by atoms with E-state index in [1.54, 1.807) is 0 Å². The quantitative estimate of drug-likeness (QED) is 0.712. The summed E-state index contributed by atoms with van der Waals surface area (Å²) in [6.45, 7) is 4.81. The van der Waals surface area contributed by atoms with Gasteiger partial charge in [0.15, 0.2) is 0 Å². The van der Waals surface area contributed by atoms with Crippen molar-refractivity contribution in [1.29, 1.82) is 0 Å². The zero-order valence-corrected chi connectivity index (χ0v) is 8.73. The van der Waals surface area contributed by atoms with Crippen molar-refractivity contribution in [2.45, 2.75) is 20.4 Å². The van der Waals surface area contributed by atoms with E-state index in [0.29, 0.717) is 0 Å². The average molecular weight is 191 g/mol. The fraction of sp³-hybridized carbons (Fsp3) is 0.625.